The molecule has 1 amide bonds. The fourth-order valence-corrected chi connectivity index (χ4v) is 1.39. The van der Waals surface area contributed by atoms with Crippen molar-refractivity contribution in [3.63, 3.8) is 0 Å². The lowest BCUT2D eigenvalue weighted by atomic mass is 10.4. The Morgan fingerprint density at radius 2 is 2.38 bits per heavy atom. The molecule has 0 bridgehead atoms. The van der Waals surface area contributed by atoms with Gasteiger partial charge in [-0.1, -0.05) is 0 Å². The van der Waals surface area contributed by atoms with Gasteiger partial charge in [-0.3, -0.25) is 4.79 Å². The molecule has 0 atom stereocenters. The SMILES string of the molecule is O=C(CNCC1CC1)NCc1cccnn1. The first-order valence-corrected chi connectivity index (χ1v) is 5.58. The van der Waals surface area contributed by atoms with Gasteiger partial charge in [0.2, 0.25) is 5.91 Å². The molecule has 0 aliphatic heterocycles. The fourth-order valence-electron chi connectivity index (χ4n) is 1.39. The van der Waals surface area contributed by atoms with Gasteiger partial charge >= 0.3 is 0 Å². The van der Waals surface area contributed by atoms with Crippen LogP contribution in [0.4, 0.5) is 0 Å². The van der Waals surface area contributed by atoms with Gasteiger partial charge in [-0.15, -0.1) is 0 Å². The molecule has 5 heteroatoms. The molecule has 0 aromatic carbocycles. The lowest BCUT2D eigenvalue weighted by Gasteiger charge is -2.05. The summed E-state index contributed by atoms with van der Waals surface area (Å²) in [7, 11) is 0. The molecule has 1 aromatic heterocycles. The molecule has 0 saturated heterocycles. The van der Waals surface area contributed by atoms with Gasteiger partial charge < -0.3 is 10.6 Å². The Kier molecular flexibility index (Phi) is 3.82. The minimum Gasteiger partial charge on any atom is -0.349 e. The van der Waals surface area contributed by atoms with E-state index in [0.29, 0.717) is 13.1 Å². The van der Waals surface area contributed by atoms with Crippen molar-refractivity contribution in [3.05, 3.63) is 24.0 Å². The number of carbonyl (C=O) groups is 1. The van der Waals surface area contributed by atoms with Crippen molar-refractivity contribution in [3.8, 4) is 0 Å². The highest BCUT2D eigenvalue weighted by atomic mass is 16.1. The van der Waals surface area contributed by atoms with Crippen LogP contribution < -0.4 is 10.6 Å². The number of nitrogens with one attached hydrogen (secondary N) is 2. The van der Waals surface area contributed by atoms with E-state index in [-0.39, 0.29) is 5.91 Å². The molecule has 1 aromatic rings. The van der Waals surface area contributed by atoms with Crippen LogP contribution in [0.25, 0.3) is 0 Å². The Bertz CT molecular complexity index is 337. The Labute approximate surface area is 94.6 Å². The first-order chi connectivity index (χ1) is 7.84. The largest absolute Gasteiger partial charge is 0.349 e. The smallest absolute Gasteiger partial charge is 0.234 e. The molecule has 86 valence electrons. The molecule has 1 aliphatic carbocycles. The molecule has 2 rings (SSSR count). The monoisotopic (exact) mass is 220 g/mol. The van der Waals surface area contributed by atoms with Crippen LogP contribution in [-0.4, -0.2) is 29.2 Å². The van der Waals surface area contributed by atoms with Gasteiger partial charge in [0.25, 0.3) is 0 Å². The minimum atomic E-state index is 0.00584. The van der Waals surface area contributed by atoms with Gasteiger partial charge in [-0.05, 0) is 37.4 Å². The normalized spacial score (nSPS) is 14.8. The van der Waals surface area contributed by atoms with Crippen LogP contribution in [0.1, 0.15) is 18.5 Å². The number of aromatic nitrogens is 2. The summed E-state index contributed by atoms with van der Waals surface area (Å²) in [5, 5.41) is 13.5. The summed E-state index contributed by atoms with van der Waals surface area (Å²) in [6.45, 7) is 1.78. The number of hydrogen-bond acceptors (Lipinski definition) is 4. The van der Waals surface area contributed by atoms with Crippen LogP contribution in [0.5, 0.6) is 0 Å². The zero-order valence-corrected chi connectivity index (χ0v) is 9.15. The summed E-state index contributed by atoms with van der Waals surface area (Å²) >= 11 is 0. The Balaban J connectivity index is 1.59. The lowest BCUT2D eigenvalue weighted by Crippen LogP contribution is -2.34. The molecule has 5 nitrogen and oxygen atoms in total. The molecule has 0 spiro atoms. The number of rotatable bonds is 6. The standard InChI is InChI=1S/C11H16N4O/c16-11(8-12-6-9-3-4-9)13-7-10-2-1-5-14-15-10/h1-2,5,9,12H,3-4,6-8H2,(H,13,16). The molecule has 2 N–H and O–H groups in total. The van der Waals surface area contributed by atoms with Crippen LogP contribution in [0.2, 0.25) is 0 Å². The van der Waals surface area contributed by atoms with Crippen LogP contribution in [0, 0.1) is 5.92 Å². The van der Waals surface area contributed by atoms with E-state index in [1.165, 1.54) is 12.8 Å². The zero-order chi connectivity index (χ0) is 11.2. The maximum absolute atomic E-state index is 11.4. The Morgan fingerprint density at radius 3 is 3.06 bits per heavy atom. The average molecular weight is 220 g/mol. The second-order valence-electron chi connectivity index (χ2n) is 4.07. The van der Waals surface area contributed by atoms with Crippen molar-refractivity contribution in [1.82, 2.24) is 20.8 Å². The van der Waals surface area contributed by atoms with E-state index in [9.17, 15) is 4.79 Å². The first kappa shape index (κ1) is 11.0. The first-order valence-electron chi connectivity index (χ1n) is 5.58. The predicted molar refractivity (Wildman–Crippen MR) is 59.5 cm³/mol. The maximum Gasteiger partial charge on any atom is 0.234 e. The molecular weight excluding hydrogens is 204 g/mol. The van der Waals surface area contributed by atoms with Crippen molar-refractivity contribution in [1.29, 1.82) is 0 Å². The molecule has 1 aliphatic rings. The zero-order valence-electron chi connectivity index (χ0n) is 9.15. The van der Waals surface area contributed by atoms with Gasteiger partial charge in [0, 0.05) is 6.20 Å². The van der Waals surface area contributed by atoms with Crippen molar-refractivity contribution in [2.75, 3.05) is 13.1 Å². The lowest BCUT2D eigenvalue weighted by molar-refractivity contribution is -0.120. The highest BCUT2D eigenvalue weighted by Crippen LogP contribution is 2.27. The van der Waals surface area contributed by atoms with Gasteiger partial charge in [0.05, 0.1) is 18.8 Å². The van der Waals surface area contributed by atoms with Gasteiger partial charge in [0.15, 0.2) is 0 Å². The van der Waals surface area contributed by atoms with E-state index >= 15 is 0 Å². The van der Waals surface area contributed by atoms with E-state index in [4.69, 9.17) is 0 Å². The Morgan fingerprint density at radius 1 is 1.50 bits per heavy atom. The van der Waals surface area contributed by atoms with Gasteiger partial charge in [-0.25, -0.2) is 0 Å². The van der Waals surface area contributed by atoms with Crippen LogP contribution >= 0.6 is 0 Å². The third-order valence-electron chi connectivity index (χ3n) is 2.51. The molecule has 0 unspecified atom stereocenters. The molecule has 1 fully saturated rings. The molecule has 1 heterocycles. The summed E-state index contributed by atoms with van der Waals surface area (Å²) < 4.78 is 0. The number of amides is 1. The number of nitrogens with zero attached hydrogens (tertiary/aromatic N) is 2. The second-order valence-corrected chi connectivity index (χ2v) is 4.07. The molecule has 0 radical (unpaired) electrons. The molecular formula is C11H16N4O. The van der Waals surface area contributed by atoms with Crippen molar-refractivity contribution >= 4 is 5.91 Å². The van der Waals surface area contributed by atoms with Crippen LogP contribution in [0.3, 0.4) is 0 Å². The quantitative estimate of drug-likeness (QED) is 0.713. The van der Waals surface area contributed by atoms with Gasteiger partial charge in [-0.2, -0.15) is 10.2 Å². The third-order valence-corrected chi connectivity index (χ3v) is 2.51. The van der Waals surface area contributed by atoms with Crippen molar-refractivity contribution in [2.45, 2.75) is 19.4 Å². The van der Waals surface area contributed by atoms with Crippen LogP contribution in [0.15, 0.2) is 18.3 Å². The predicted octanol–water partition coefficient (Wildman–Crippen LogP) is 0.0924. The van der Waals surface area contributed by atoms with E-state index in [2.05, 4.69) is 20.8 Å². The van der Waals surface area contributed by atoms with E-state index in [1.807, 2.05) is 6.07 Å². The third kappa shape index (κ3) is 3.94. The van der Waals surface area contributed by atoms with Gasteiger partial charge in [0.1, 0.15) is 0 Å². The van der Waals surface area contributed by atoms with Crippen molar-refractivity contribution in [2.24, 2.45) is 5.92 Å². The van der Waals surface area contributed by atoms with E-state index in [0.717, 1.165) is 18.2 Å². The highest BCUT2D eigenvalue weighted by Gasteiger charge is 2.20. The summed E-state index contributed by atoms with van der Waals surface area (Å²) in [4.78, 5) is 11.4. The minimum absolute atomic E-state index is 0.00584. The number of hydrogen-bond donors (Lipinski definition) is 2. The summed E-state index contributed by atoms with van der Waals surface area (Å²) in [6.07, 6.45) is 4.21. The number of carbonyl (C=O) groups excluding carboxylic acids is 1. The maximum atomic E-state index is 11.4. The van der Waals surface area contributed by atoms with Crippen LogP contribution in [-0.2, 0) is 11.3 Å². The summed E-state index contributed by atoms with van der Waals surface area (Å²) in [5.74, 6) is 0.805. The molecule has 1 saturated carbocycles. The fraction of sp³-hybridized carbons (Fsp3) is 0.545. The van der Waals surface area contributed by atoms with E-state index in [1.54, 1.807) is 12.3 Å². The average Bonchev–Trinajstić information content (AvgIpc) is 3.12. The van der Waals surface area contributed by atoms with Crippen molar-refractivity contribution < 1.29 is 4.79 Å². The van der Waals surface area contributed by atoms with E-state index < -0.39 is 0 Å². The summed E-state index contributed by atoms with van der Waals surface area (Å²) in [6, 6.07) is 3.64. The second kappa shape index (κ2) is 5.55. The molecule has 16 heavy (non-hydrogen) atoms. The topological polar surface area (TPSA) is 66.9 Å². The highest BCUT2D eigenvalue weighted by molar-refractivity contribution is 5.77. The Hall–Kier alpha value is -1.49. The summed E-state index contributed by atoms with van der Waals surface area (Å²) in [5.41, 5.74) is 0.776.